The molecule has 7 heteroatoms. The maximum Gasteiger partial charge on any atom is 0.335 e. The van der Waals surface area contributed by atoms with E-state index in [0.717, 1.165) is 16.9 Å². The van der Waals surface area contributed by atoms with Gasteiger partial charge < -0.3 is 4.90 Å². The van der Waals surface area contributed by atoms with Crippen molar-refractivity contribution in [3.05, 3.63) is 48.6 Å². The van der Waals surface area contributed by atoms with Crippen LogP contribution in [0, 0.1) is 0 Å². The van der Waals surface area contributed by atoms with E-state index < -0.39 is 24.4 Å². The van der Waals surface area contributed by atoms with Crippen LogP contribution < -0.4 is 0 Å². The Morgan fingerprint density at radius 1 is 1.15 bits per heavy atom. The molecule has 1 aromatic rings. The van der Waals surface area contributed by atoms with Crippen LogP contribution in [-0.2, 0) is 20.9 Å². The molecule has 1 fully saturated rings. The number of rotatable bonds is 8. The predicted molar refractivity (Wildman–Crippen MR) is 95.8 cm³/mol. The molecule has 0 aliphatic carbocycles. The number of amides is 5. The first-order chi connectivity index (χ1) is 12.4. The highest BCUT2D eigenvalue weighted by molar-refractivity contribution is 6.45. The molecule has 1 aliphatic heterocycles. The van der Waals surface area contributed by atoms with Gasteiger partial charge in [0.2, 0.25) is 5.91 Å². The summed E-state index contributed by atoms with van der Waals surface area (Å²) < 4.78 is 0. The first-order valence-electron chi connectivity index (χ1n) is 8.52. The highest BCUT2D eigenvalue weighted by Crippen LogP contribution is 2.15. The fourth-order valence-electron chi connectivity index (χ4n) is 2.70. The molecule has 1 atom stereocenters. The highest BCUT2D eigenvalue weighted by atomic mass is 16.2. The van der Waals surface area contributed by atoms with Gasteiger partial charge in [-0.15, -0.1) is 6.58 Å². The van der Waals surface area contributed by atoms with Gasteiger partial charge in [-0.1, -0.05) is 43.3 Å². The molecule has 0 unspecified atom stereocenters. The maximum absolute atomic E-state index is 12.8. The molecule has 0 saturated carbocycles. The SMILES string of the molecule is C=CCN1C(=O)C(=O)N(CC(=O)N(Cc2ccccc2)[C@H](C)CC)C1=O. The zero-order chi connectivity index (χ0) is 19.3. The quantitative estimate of drug-likeness (QED) is 0.404. The van der Waals surface area contributed by atoms with Crippen molar-refractivity contribution in [3.8, 4) is 0 Å². The summed E-state index contributed by atoms with van der Waals surface area (Å²) in [5.41, 5.74) is 0.949. The lowest BCUT2D eigenvalue weighted by atomic mass is 10.1. The second-order valence-electron chi connectivity index (χ2n) is 6.14. The molecule has 1 aromatic carbocycles. The smallest absolute Gasteiger partial charge is 0.334 e. The average molecular weight is 357 g/mol. The number of imide groups is 2. The van der Waals surface area contributed by atoms with Crippen LogP contribution in [0.4, 0.5) is 4.79 Å². The van der Waals surface area contributed by atoms with Crippen molar-refractivity contribution in [1.82, 2.24) is 14.7 Å². The van der Waals surface area contributed by atoms with E-state index in [9.17, 15) is 19.2 Å². The molecule has 0 radical (unpaired) electrons. The number of hydrogen-bond donors (Lipinski definition) is 0. The Balaban J connectivity index is 2.16. The van der Waals surface area contributed by atoms with Crippen molar-refractivity contribution in [3.63, 3.8) is 0 Å². The summed E-state index contributed by atoms with van der Waals surface area (Å²) >= 11 is 0. The lowest BCUT2D eigenvalue weighted by Crippen LogP contribution is -2.46. The number of carbonyl (C=O) groups is 4. The molecule has 1 aliphatic rings. The Labute approximate surface area is 152 Å². The summed E-state index contributed by atoms with van der Waals surface area (Å²) in [5, 5.41) is 0. The molecular formula is C19H23N3O4. The Bertz CT molecular complexity index is 717. The van der Waals surface area contributed by atoms with E-state index in [1.54, 1.807) is 4.90 Å². The molecule has 0 aromatic heterocycles. The number of hydrogen-bond acceptors (Lipinski definition) is 4. The first-order valence-corrected chi connectivity index (χ1v) is 8.52. The minimum atomic E-state index is -0.978. The van der Waals surface area contributed by atoms with E-state index in [-0.39, 0.29) is 18.5 Å². The summed E-state index contributed by atoms with van der Waals surface area (Å²) in [7, 11) is 0. The predicted octanol–water partition coefficient (Wildman–Crippen LogP) is 1.79. The van der Waals surface area contributed by atoms with Gasteiger partial charge in [-0.2, -0.15) is 0 Å². The molecule has 7 nitrogen and oxygen atoms in total. The third kappa shape index (κ3) is 3.99. The third-order valence-electron chi connectivity index (χ3n) is 4.38. The van der Waals surface area contributed by atoms with Crippen LogP contribution in [0.5, 0.6) is 0 Å². The second kappa shape index (κ2) is 8.42. The third-order valence-corrected chi connectivity index (χ3v) is 4.38. The number of benzene rings is 1. The summed E-state index contributed by atoms with van der Waals surface area (Å²) in [6, 6.07) is 8.61. The number of carbonyl (C=O) groups excluding carboxylic acids is 4. The van der Waals surface area contributed by atoms with Crippen LogP contribution >= 0.6 is 0 Å². The van der Waals surface area contributed by atoms with Gasteiger partial charge >= 0.3 is 17.8 Å². The van der Waals surface area contributed by atoms with Crippen molar-refractivity contribution in [2.75, 3.05) is 13.1 Å². The van der Waals surface area contributed by atoms with E-state index in [1.807, 2.05) is 44.2 Å². The number of nitrogens with zero attached hydrogens (tertiary/aromatic N) is 3. The Hall–Kier alpha value is -2.96. The van der Waals surface area contributed by atoms with Crippen molar-refractivity contribution < 1.29 is 19.2 Å². The number of urea groups is 1. The molecule has 138 valence electrons. The topological polar surface area (TPSA) is 78.0 Å². The maximum atomic E-state index is 12.8. The summed E-state index contributed by atoms with van der Waals surface area (Å²) in [5.74, 6) is -2.28. The van der Waals surface area contributed by atoms with Gasteiger partial charge in [0.1, 0.15) is 6.54 Å². The van der Waals surface area contributed by atoms with Crippen LogP contribution in [-0.4, -0.2) is 57.6 Å². The molecule has 1 saturated heterocycles. The first kappa shape index (κ1) is 19.4. The van der Waals surface area contributed by atoms with Crippen molar-refractivity contribution in [2.45, 2.75) is 32.9 Å². The average Bonchev–Trinajstić information content (AvgIpc) is 2.84. The van der Waals surface area contributed by atoms with Crippen LogP contribution in [0.3, 0.4) is 0 Å². The summed E-state index contributed by atoms with van der Waals surface area (Å²) in [4.78, 5) is 52.1. The lowest BCUT2D eigenvalue weighted by Gasteiger charge is -2.30. The molecule has 26 heavy (non-hydrogen) atoms. The van der Waals surface area contributed by atoms with E-state index in [2.05, 4.69) is 6.58 Å². The molecular weight excluding hydrogens is 334 g/mol. The fraction of sp³-hybridized carbons (Fsp3) is 0.368. The Morgan fingerprint density at radius 3 is 2.35 bits per heavy atom. The minimum Gasteiger partial charge on any atom is -0.334 e. The standard InChI is InChI=1S/C19H23N3O4/c1-4-11-20-17(24)18(25)22(19(20)26)13-16(23)21(14(3)5-2)12-15-9-7-6-8-10-15/h4,6-10,14H,1,5,11-13H2,2-3H3/t14-/m1/s1. The van der Waals surface area contributed by atoms with E-state index in [1.165, 1.54) is 6.08 Å². The molecule has 0 spiro atoms. The van der Waals surface area contributed by atoms with Crippen LogP contribution in [0.25, 0.3) is 0 Å². The van der Waals surface area contributed by atoms with Gasteiger partial charge in [-0.25, -0.2) is 9.69 Å². The van der Waals surface area contributed by atoms with Crippen molar-refractivity contribution in [1.29, 1.82) is 0 Å². The minimum absolute atomic E-state index is 0.0623. The van der Waals surface area contributed by atoms with Crippen LogP contribution in [0.15, 0.2) is 43.0 Å². The highest BCUT2D eigenvalue weighted by Gasteiger charge is 2.45. The fourth-order valence-corrected chi connectivity index (χ4v) is 2.70. The second-order valence-corrected chi connectivity index (χ2v) is 6.14. The zero-order valence-corrected chi connectivity index (χ0v) is 15.1. The van der Waals surface area contributed by atoms with Crippen LogP contribution in [0.1, 0.15) is 25.8 Å². The Morgan fingerprint density at radius 2 is 1.77 bits per heavy atom. The van der Waals surface area contributed by atoms with E-state index >= 15 is 0 Å². The van der Waals surface area contributed by atoms with Gasteiger partial charge in [-0.3, -0.25) is 19.3 Å². The lowest BCUT2D eigenvalue weighted by molar-refractivity contribution is -0.145. The van der Waals surface area contributed by atoms with Crippen molar-refractivity contribution >= 4 is 23.8 Å². The molecule has 5 amide bonds. The van der Waals surface area contributed by atoms with Gasteiger partial charge in [-0.05, 0) is 18.9 Å². The normalized spacial score (nSPS) is 15.4. The summed E-state index contributed by atoms with van der Waals surface area (Å²) in [6.07, 6.45) is 2.08. The molecule has 2 rings (SSSR count). The zero-order valence-electron chi connectivity index (χ0n) is 15.1. The Kier molecular flexibility index (Phi) is 6.27. The monoisotopic (exact) mass is 357 g/mol. The van der Waals surface area contributed by atoms with E-state index in [4.69, 9.17) is 0 Å². The van der Waals surface area contributed by atoms with Gasteiger partial charge in [0.15, 0.2) is 0 Å². The van der Waals surface area contributed by atoms with Gasteiger partial charge in [0, 0.05) is 19.1 Å². The molecule has 0 bridgehead atoms. The van der Waals surface area contributed by atoms with Crippen molar-refractivity contribution in [2.24, 2.45) is 0 Å². The molecule has 1 heterocycles. The van der Waals surface area contributed by atoms with Gasteiger partial charge in [0.25, 0.3) is 0 Å². The van der Waals surface area contributed by atoms with Crippen LogP contribution in [0.2, 0.25) is 0 Å². The summed E-state index contributed by atoms with van der Waals surface area (Å²) in [6.45, 7) is 7.18. The van der Waals surface area contributed by atoms with E-state index in [0.29, 0.717) is 11.4 Å². The van der Waals surface area contributed by atoms with Gasteiger partial charge in [0.05, 0.1) is 0 Å². The molecule has 0 N–H and O–H groups in total. The largest absolute Gasteiger partial charge is 0.335 e.